The predicted molar refractivity (Wildman–Crippen MR) is 114 cm³/mol. The van der Waals surface area contributed by atoms with E-state index in [-0.39, 0.29) is 28.9 Å². The summed E-state index contributed by atoms with van der Waals surface area (Å²) < 4.78 is 11.9. The highest BCUT2D eigenvalue weighted by molar-refractivity contribution is 6.22. The zero-order chi connectivity index (χ0) is 21.3. The third kappa shape index (κ3) is 4.13. The van der Waals surface area contributed by atoms with Crippen molar-refractivity contribution >= 4 is 17.6 Å². The third-order valence-electron chi connectivity index (χ3n) is 5.94. The average Bonchev–Trinajstić information content (AvgIpc) is 3.00. The zero-order valence-corrected chi connectivity index (χ0v) is 17.6. The van der Waals surface area contributed by atoms with E-state index in [0.29, 0.717) is 6.54 Å². The molecule has 0 aliphatic carbocycles. The normalized spacial score (nSPS) is 21.1. The van der Waals surface area contributed by atoms with Crippen LogP contribution in [0.1, 0.15) is 39.7 Å². The van der Waals surface area contributed by atoms with Gasteiger partial charge in [0.1, 0.15) is 40.8 Å². The maximum absolute atomic E-state index is 11.4. The molecule has 1 saturated heterocycles. The second-order valence-corrected chi connectivity index (χ2v) is 8.57. The summed E-state index contributed by atoms with van der Waals surface area (Å²) in [5, 5.41) is 19.6. The summed E-state index contributed by atoms with van der Waals surface area (Å²) in [4.78, 5) is 13.5. The van der Waals surface area contributed by atoms with Crippen LogP contribution in [-0.2, 0) is 0 Å². The van der Waals surface area contributed by atoms with Gasteiger partial charge in [0.15, 0.2) is 0 Å². The van der Waals surface area contributed by atoms with Gasteiger partial charge in [-0.15, -0.1) is 11.6 Å². The first kappa shape index (κ1) is 21.0. The Balaban J connectivity index is 1.30. The molecule has 6 nitrogen and oxygen atoms in total. The predicted octanol–water partition coefficient (Wildman–Crippen LogP) is 3.64. The monoisotopic (exact) mass is 431 g/mol. The highest BCUT2D eigenvalue weighted by Crippen LogP contribution is 2.51. The van der Waals surface area contributed by atoms with Crippen LogP contribution >= 0.6 is 11.6 Å². The molecule has 2 aliphatic heterocycles. The van der Waals surface area contributed by atoms with E-state index in [1.165, 1.54) is 6.07 Å². The van der Waals surface area contributed by atoms with Crippen LogP contribution < -0.4 is 9.47 Å². The first-order chi connectivity index (χ1) is 14.4. The number of hydrogen-bond donors (Lipinski definition) is 2. The fraction of sp³-hybridized carbons (Fsp3) is 0.435. The lowest BCUT2D eigenvalue weighted by molar-refractivity contribution is -0.00449. The van der Waals surface area contributed by atoms with E-state index in [2.05, 4.69) is 4.90 Å². The summed E-state index contributed by atoms with van der Waals surface area (Å²) >= 11 is 6.74. The molecule has 2 aliphatic rings. The van der Waals surface area contributed by atoms with Crippen molar-refractivity contribution in [1.82, 2.24) is 4.90 Å². The number of β-amino-alcohol motifs (C(OH)–C–C–N with tert-alkyl or cyclic N) is 1. The van der Waals surface area contributed by atoms with Crippen molar-refractivity contribution in [2.45, 2.75) is 36.8 Å². The largest absolute Gasteiger partial charge is 0.490 e. The number of hydrogen-bond acceptors (Lipinski definition) is 5. The zero-order valence-electron chi connectivity index (χ0n) is 16.9. The Labute approximate surface area is 181 Å². The van der Waals surface area contributed by atoms with E-state index < -0.39 is 12.1 Å². The number of carboxylic acid groups (broad SMARTS) is 1. The van der Waals surface area contributed by atoms with Gasteiger partial charge in [0.2, 0.25) is 0 Å². The van der Waals surface area contributed by atoms with Crippen molar-refractivity contribution in [1.29, 1.82) is 0 Å². The summed E-state index contributed by atoms with van der Waals surface area (Å²) in [5.74, 6) is 0.0991. The minimum Gasteiger partial charge on any atom is -0.490 e. The number of aliphatic hydroxyl groups excluding tert-OH is 1. The average molecular weight is 432 g/mol. The second-order valence-electron chi connectivity index (χ2n) is 8.14. The lowest BCUT2D eigenvalue weighted by Crippen LogP contribution is -2.50. The first-order valence-electron chi connectivity index (χ1n) is 10.2. The molecule has 2 atom stereocenters. The number of alkyl halides is 1. The van der Waals surface area contributed by atoms with E-state index in [4.69, 9.17) is 21.1 Å². The standard InChI is InChI=1S/C23H26ClNO5/c1-15-6-7-18(22(27)28)20(12-15)29-14-16(26)13-25-10-8-23(9-11-25)21(24)17-4-2-3-5-19(17)30-23/h2-7,12,16,21,26H,8-11,13-14H2,1H3,(H,27,28)/t16-,21-/m0/s1. The maximum Gasteiger partial charge on any atom is 0.339 e. The molecule has 1 spiro atoms. The summed E-state index contributed by atoms with van der Waals surface area (Å²) in [5.41, 5.74) is 1.66. The van der Waals surface area contributed by atoms with E-state index in [0.717, 1.165) is 42.8 Å². The van der Waals surface area contributed by atoms with Crippen molar-refractivity contribution in [2.24, 2.45) is 0 Å². The van der Waals surface area contributed by atoms with Crippen LogP contribution in [0.15, 0.2) is 42.5 Å². The molecule has 0 radical (unpaired) electrons. The number of halogens is 1. The molecule has 1 fully saturated rings. The van der Waals surface area contributed by atoms with E-state index in [1.807, 2.05) is 31.2 Å². The van der Waals surface area contributed by atoms with E-state index in [1.54, 1.807) is 12.1 Å². The smallest absolute Gasteiger partial charge is 0.339 e. The van der Waals surface area contributed by atoms with Gasteiger partial charge < -0.3 is 24.6 Å². The van der Waals surface area contributed by atoms with Gasteiger partial charge in [0, 0.05) is 38.0 Å². The van der Waals surface area contributed by atoms with Crippen molar-refractivity contribution in [3.63, 3.8) is 0 Å². The minimum absolute atomic E-state index is 0.0332. The van der Waals surface area contributed by atoms with Crippen molar-refractivity contribution in [2.75, 3.05) is 26.2 Å². The lowest BCUT2D eigenvalue weighted by Gasteiger charge is -2.40. The van der Waals surface area contributed by atoms with Crippen LogP contribution in [0.5, 0.6) is 11.5 Å². The number of aromatic carboxylic acids is 1. The Morgan fingerprint density at radius 1 is 1.30 bits per heavy atom. The number of fused-ring (bicyclic) bond motifs is 1. The van der Waals surface area contributed by atoms with Gasteiger partial charge in [0.25, 0.3) is 0 Å². The van der Waals surface area contributed by atoms with Gasteiger partial charge in [-0.1, -0.05) is 24.3 Å². The van der Waals surface area contributed by atoms with Gasteiger partial charge >= 0.3 is 5.97 Å². The molecule has 2 heterocycles. The molecule has 4 rings (SSSR count). The summed E-state index contributed by atoms with van der Waals surface area (Å²) in [7, 11) is 0. The van der Waals surface area contributed by atoms with Gasteiger partial charge in [0.05, 0.1) is 0 Å². The van der Waals surface area contributed by atoms with Gasteiger partial charge in [-0.25, -0.2) is 4.79 Å². The topological polar surface area (TPSA) is 79.2 Å². The lowest BCUT2D eigenvalue weighted by atomic mass is 9.86. The molecule has 7 heteroatoms. The summed E-state index contributed by atoms with van der Waals surface area (Å²) in [6, 6.07) is 12.8. The van der Waals surface area contributed by atoms with E-state index >= 15 is 0 Å². The number of carboxylic acids is 1. The quantitative estimate of drug-likeness (QED) is 0.680. The van der Waals surface area contributed by atoms with Crippen molar-refractivity contribution < 1.29 is 24.5 Å². The molecule has 0 aromatic heterocycles. The number of ether oxygens (including phenoxy) is 2. The van der Waals surface area contributed by atoms with Crippen LogP contribution in [0.25, 0.3) is 0 Å². The number of benzene rings is 2. The second kappa shape index (κ2) is 8.46. The summed E-state index contributed by atoms with van der Waals surface area (Å²) in [6.07, 6.45) is 0.837. The number of nitrogens with zero attached hydrogens (tertiary/aromatic N) is 1. The number of aryl methyl sites for hydroxylation is 1. The highest BCUT2D eigenvalue weighted by atomic mass is 35.5. The Morgan fingerprint density at radius 2 is 2.03 bits per heavy atom. The Bertz CT molecular complexity index is 926. The molecule has 0 amide bonds. The van der Waals surface area contributed by atoms with Crippen LogP contribution in [0.3, 0.4) is 0 Å². The molecule has 160 valence electrons. The maximum atomic E-state index is 11.4. The molecule has 2 aromatic carbocycles. The molecule has 30 heavy (non-hydrogen) atoms. The summed E-state index contributed by atoms with van der Waals surface area (Å²) in [6.45, 7) is 3.87. The number of likely N-dealkylation sites (tertiary alicyclic amines) is 1. The Kier molecular flexibility index (Phi) is 5.91. The molecular formula is C23H26ClNO5. The van der Waals surface area contributed by atoms with Crippen LogP contribution in [0.2, 0.25) is 0 Å². The number of rotatable bonds is 6. The first-order valence-corrected chi connectivity index (χ1v) is 10.6. The Hall–Kier alpha value is -2.28. The fourth-order valence-corrected chi connectivity index (χ4v) is 4.71. The number of carbonyl (C=O) groups is 1. The van der Waals surface area contributed by atoms with Crippen LogP contribution in [-0.4, -0.2) is 59.0 Å². The third-order valence-corrected chi connectivity index (χ3v) is 6.57. The minimum atomic E-state index is -1.05. The van der Waals surface area contributed by atoms with Crippen molar-refractivity contribution in [3.8, 4) is 11.5 Å². The number of piperidine rings is 1. The fourth-order valence-electron chi connectivity index (χ4n) is 4.27. The van der Waals surface area contributed by atoms with E-state index in [9.17, 15) is 15.0 Å². The highest BCUT2D eigenvalue weighted by Gasteiger charge is 2.49. The SMILES string of the molecule is Cc1ccc(C(=O)O)c(OC[C@@H](O)CN2CCC3(CC2)Oc2ccccc2[C@@H]3Cl)c1. The molecule has 2 N–H and O–H groups in total. The molecule has 2 aromatic rings. The van der Waals surface area contributed by atoms with Crippen LogP contribution in [0.4, 0.5) is 0 Å². The molecular weight excluding hydrogens is 406 g/mol. The molecule has 0 bridgehead atoms. The number of aliphatic hydroxyl groups is 1. The van der Waals surface area contributed by atoms with Gasteiger partial charge in [-0.3, -0.25) is 0 Å². The number of para-hydroxylation sites is 1. The van der Waals surface area contributed by atoms with Crippen molar-refractivity contribution in [3.05, 3.63) is 59.2 Å². The molecule has 0 unspecified atom stereocenters. The Morgan fingerprint density at radius 3 is 2.73 bits per heavy atom. The van der Waals surface area contributed by atoms with Gasteiger partial charge in [-0.2, -0.15) is 0 Å². The van der Waals surface area contributed by atoms with Gasteiger partial charge in [-0.05, 0) is 30.7 Å². The molecule has 0 saturated carbocycles. The van der Waals surface area contributed by atoms with Crippen LogP contribution in [0, 0.1) is 6.92 Å².